The van der Waals surface area contributed by atoms with E-state index in [1.165, 1.54) is 0 Å². The summed E-state index contributed by atoms with van der Waals surface area (Å²) in [6, 6.07) is 5.48. The Balaban J connectivity index is 1.92. The first kappa shape index (κ1) is 12.0. The van der Waals surface area contributed by atoms with Crippen LogP contribution < -0.4 is 9.47 Å². The number of aliphatic hydroxyl groups excluding tert-OH is 1. The first-order valence-corrected chi connectivity index (χ1v) is 6.18. The molecule has 0 radical (unpaired) electrons. The molecule has 2 unspecified atom stereocenters. The lowest BCUT2D eigenvalue weighted by atomic mass is 9.96. The van der Waals surface area contributed by atoms with Crippen molar-refractivity contribution in [1.82, 2.24) is 9.78 Å². The predicted molar refractivity (Wildman–Crippen MR) is 69.1 cm³/mol. The molecule has 5 nitrogen and oxygen atoms in total. The van der Waals surface area contributed by atoms with E-state index in [1.807, 2.05) is 31.4 Å². The molecule has 2 heterocycles. The number of aromatic nitrogens is 2. The number of ether oxygens (including phenoxy) is 2. The van der Waals surface area contributed by atoms with Gasteiger partial charge in [-0.1, -0.05) is 0 Å². The van der Waals surface area contributed by atoms with Crippen LogP contribution in [0.25, 0.3) is 0 Å². The van der Waals surface area contributed by atoms with Gasteiger partial charge in [-0.15, -0.1) is 0 Å². The third-order valence-electron chi connectivity index (χ3n) is 3.38. The van der Waals surface area contributed by atoms with Crippen LogP contribution in [0.3, 0.4) is 0 Å². The van der Waals surface area contributed by atoms with Gasteiger partial charge in [-0.25, -0.2) is 0 Å². The van der Waals surface area contributed by atoms with E-state index in [9.17, 15) is 5.11 Å². The number of benzene rings is 1. The van der Waals surface area contributed by atoms with Crippen molar-refractivity contribution in [2.75, 3.05) is 7.11 Å². The summed E-state index contributed by atoms with van der Waals surface area (Å²) in [7, 11) is 3.47. The van der Waals surface area contributed by atoms with Gasteiger partial charge < -0.3 is 14.6 Å². The summed E-state index contributed by atoms with van der Waals surface area (Å²) in [6.07, 6.45) is 3.48. The fraction of sp³-hybridized carbons (Fsp3) is 0.357. The van der Waals surface area contributed by atoms with Crippen molar-refractivity contribution in [3.63, 3.8) is 0 Å². The second kappa shape index (κ2) is 4.59. The quantitative estimate of drug-likeness (QED) is 0.897. The molecule has 1 N–H and O–H groups in total. The molecule has 19 heavy (non-hydrogen) atoms. The molecule has 0 spiro atoms. The number of rotatable bonds is 2. The van der Waals surface area contributed by atoms with Crippen LogP contribution in [0.2, 0.25) is 0 Å². The monoisotopic (exact) mass is 260 g/mol. The van der Waals surface area contributed by atoms with Crippen molar-refractivity contribution < 1.29 is 14.6 Å². The molecule has 0 bridgehead atoms. The number of hydrogen-bond donors (Lipinski definition) is 1. The fourth-order valence-electron chi connectivity index (χ4n) is 2.36. The number of nitrogens with zero attached hydrogens (tertiary/aromatic N) is 2. The molecular weight excluding hydrogens is 244 g/mol. The molecule has 100 valence electrons. The van der Waals surface area contributed by atoms with Crippen LogP contribution in [0, 0.1) is 0 Å². The van der Waals surface area contributed by atoms with E-state index in [1.54, 1.807) is 18.0 Å². The molecule has 1 aliphatic heterocycles. The minimum atomic E-state index is -0.552. The SMILES string of the molecule is COc1ccc2c(c1)C(O)CC(c1cnn(C)c1)O2. The molecule has 3 rings (SSSR count). The second-order valence-corrected chi connectivity index (χ2v) is 4.71. The Hall–Kier alpha value is -2.01. The maximum absolute atomic E-state index is 10.3. The van der Waals surface area contributed by atoms with E-state index >= 15 is 0 Å². The Bertz CT molecular complexity index is 594. The van der Waals surface area contributed by atoms with Gasteiger partial charge in [0.1, 0.15) is 17.6 Å². The molecule has 1 aromatic carbocycles. The third-order valence-corrected chi connectivity index (χ3v) is 3.38. The largest absolute Gasteiger partial charge is 0.497 e. The topological polar surface area (TPSA) is 56.5 Å². The number of fused-ring (bicyclic) bond motifs is 1. The van der Waals surface area contributed by atoms with Crippen LogP contribution in [-0.4, -0.2) is 22.0 Å². The van der Waals surface area contributed by atoms with Gasteiger partial charge in [0.25, 0.3) is 0 Å². The highest BCUT2D eigenvalue weighted by atomic mass is 16.5. The Labute approximate surface area is 111 Å². The number of aliphatic hydroxyl groups is 1. The average molecular weight is 260 g/mol. The molecule has 2 aromatic rings. The zero-order valence-corrected chi connectivity index (χ0v) is 10.9. The second-order valence-electron chi connectivity index (χ2n) is 4.71. The maximum Gasteiger partial charge on any atom is 0.130 e. The van der Waals surface area contributed by atoms with E-state index < -0.39 is 6.10 Å². The summed E-state index contributed by atoms with van der Waals surface area (Å²) < 4.78 is 12.8. The summed E-state index contributed by atoms with van der Waals surface area (Å²) >= 11 is 0. The summed E-state index contributed by atoms with van der Waals surface area (Å²) in [6.45, 7) is 0. The molecule has 1 aromatic heterocycles. The zero-order valence-electron chi connectivity index (χ0n) is 10.9. The van der Waals surface area contributed by atoms with Crippen molar-refractivity contribution in [2.45, 2.75) is 18.6 Å². The Kier molecular flexibility index (Phi) is 2.91. The summed E-state index contributed by atoms with van der Waals surface area (Å²) in [5.41, 5.74) is 1.75. The van der Waals surface area contributed by atoms with Gasteiger partial charge in [-0.05, 0) is 18.2 Å². The first-order valence-electron chi connectivity index (χ1n) is 6.18. The highest BCUT2D eigenvalue weighted by Gasteiger charge is 2.29. The lowest BCUT2D eigenvalue weighted by molar-refractivity contribution is 0.0654. The van der Waals surface area contributed by atoms with Crippen LogP contribution in [0.15, 0.2) is 30.6 Å². The summed E-state index contributed by atoms with van der Waals surface area (Å²) in [5, 5.41) is 14.4. The van der Waals surface area contributed by atoms with Crippen molar-refractivity contribution in [2.24, 2.45) is 7.05 Å². The Morgan fingerprint density at radius 2 is 2.32 bits per heavy atom. The molecule has 0 fully saturated rings. The van der Waals surface area contributed by atoms with E-state index in [2.05, 4.69) is 5.10 Å². The van der Waals surface area contributed by atoms with Gasteiger partial charge in [0.15, 0.2) is 0 Å². The van der Waals surface area contributed by atoms with Crippen LogP contribution in [0.1, 0.15) is 29.8 Å². The van der Waals surface area contributed by atoms with Gasteiger partial charge in [-0.2, -0.15) is 5.10 Å². The van der Waals surface area contributed by atoms with Crippen molar-refractivity contribution in [3.05, 3.63) is 41.7 Å². The zero-order chi connectivity index (χ0) is 13.4. The lowest BCUT2D eigenvalue weighted by Gasteiger charge is -2.29. The molecule has 0 saturated carbocycles. The van der Waals surface area contributed by atoms with Crippen molar-refractivity contribution in [3.8, 4) is 11.5 Å². The predicted octanol–water partition coefficient (Wildman–Crippen LogP) is 1.99. The highest BCUT2D eigenvalue weighted by Crippen LogP contribution is 2.41. The Morgan fingerprint density at radius 1 is 1.47 bits per heavy atom. The number of aryl methyl sites for hydroxylation is 1. The fourth-order valence-corrected chi connectivity index (χ4v) is 2.36. The van der Waals surface area contributed by atoms with E-state index in [4.69, 9.17) is 9.47 Å². The van der Waals surface area contributed by atoms with Crippen molar-refractivity contribution >= 4 is 0 Å². The highest BCUT2D eigenvalue weighted by molar-refractivity contribution is 5.43. The lowest BCUT2D eigenvalue weighted by Crippen LogP contribution is -2.18. The smallest absolute Gasteiger partial charge is 0.130 e. The van der Waals surface area contributed by atoms with Crippen molar-refractivity contribution in [1.29, 1.82) is 0 Å². The van der Waals surface area contributed by atoms with E-state index in [0.29, 0.717) is 12.2 Å². The normalized spacial score (nSPS) is 21.6. The van der Waals surface area contributed by atoms with Gasteiger partial charge in [0.05, 0.1) is 19.4 Å². The summed E-state index contributed by atoms with van der Waals surface area (Å²) in [4.78, 5) is 0. The third kappa shape index (κ3) is 2.17. The standard InChI is InChI=1S/C14H16N2O3/c1-16-8-9(7-15-16)14-6-12(17)11-5-10(18-2)3-4-13(11)19-14/h3-5,7-8,12,14,17H,6H2,1-2H3. The average Bonchev–Trinajstić information content (AvgIpc) is 2.85. The van der Waals surface area contributed by atoms with Gasteiger partial charge in [0, 0.05) is 30.8 Å². The van der Waals surface area contributed by atoms with E-state index in [0.717, 1.165) is 16.9 Å². The number of methoxy groups -OCH3 is 1. The van der Waals surface area contributed by atoms with Gasteiger partial charge in [0.2, 0.25) is 0 Å². The molecule has 0 saturated heterocycles. The van der Waals surface area contributed by atoms with E-state index in [-0.39, 0.29) is 6.10 Å². The summed E-state index contributed by atoms with van der Waals surface area (Å²) in [5.74, 6) is 1.43. The maximum atomic E-state index is 10.3. The number of hydrogen-bond acceptors (Lipinski definition) is 4. The molecule has 5 heteroatoms. The van der Waals surface area contributed by atoms with Crippen LogP contribution >= 0.6 is 0 Å². The Morgan fingerprint density at radius 3 is 3.00 bits per heavy atom. The molecule has 1 aliphatic rings. The minimum Gasteiger partial charge on any atom is -0.497 e. The van der Waals surface area contributed by atoms with Gasteiger partial charge >= 0.3 is 0 Å². The van der Waals surface area contributed by atoms with Crippen LogP contribution in [0.5, 0.6) is 11.5 Å². The van der Waals surface area contributed by atoms with Gasteiger partial charge in [-0.3, -0.25) is 4.68 Å². The van der Waals surface area contributed by atoms with Crippen LogP contribution in [0.4, 0.5) is 0 Å². The molecule has 0 aliphatic carbocycles. The molecular formula is C14H16N2O3. The minimum absolute atomic E-state index is 0.162. The van der Waals surface area contributed by atoms with Crippen LogP contribution in [-0.2, 0) is 7.05 Å². The molecule has 0 amide bonds. The molecule has 2 atom stereocenters. The first-order chi connectivity index (χ1) is 9.17.